The molecule has 0 atom stereocenters. The molecule has 4 rings (SSSR count). The molecule has 0 radical (unpaired) electrons. The number of anilines is 2. The molecule has 0 saturated carbocycles. The van der Waals surface area contributed by atoms with E-state index in [4.69, 9.17) is 0 Å². The van der Waals surface area contributed by atoms with Gasteiger partial charge in [0, 0.05) is 55.2 Å². The van der Waals surface area contributed by atoms with Crippen LogP contribution in [0.5, 0.6) is 0 Å². The van der Waals surface area contributed by atoms with Crippen molar-refractivity contribution in [3.8, 4) is 0 Å². The first-order chi connectivity index (χ1) is 12.9. The van der Waals surface area contributed by atoms with Gasteiger partial charge in [0.05, 0.1) is 22.0 Å². The second kappa shape index (κ2) is 6.20. The first-order valence-corrected chi connectivity index (χ1v) is 8.58. The number of nitrogens with zero attached hydrogens (tertiary/aromatic N) is 4. The maximum absolute atomic E-state index is 11.4. The van der Waals surface area contributed by atoms with E-state index in [1.54, 1.807) is 19.1 Å². The Morgan fingerprint density at radius 3 is 1.96 bits per heavy atom. The van der Waals surface area contributed by atoms with Crippen molar-refractivity contribution < 1.29 is 15.0 Å². The highest BCUT2D eigenvalue weighted by Gasteiger charge is 2.31. The zero-order valence-corrected chi connectivity index (χ0v) is 14.7. The molecule has 2 heterocycles. The number of aliphatic hydroxyl groups excluding tert-OH is 1. The zero-order chi connectivity index (χ0) is 19.3. The van der Waals surface area contributed by atoms with Crippen LogP contribution in [0.15, 0.2) is 24.3 Å². The van der Waals surface area contributed by atoms with E-state index in [9.17, 15) is 25.3 Å². The van der Waals surface area contributed by atoms with E-state index < -0.39 is 11.5 Å². The first kappa shape index (κ1) is 17.2. The molecular weight excluding hydrogens is 352 g/mol. The van der Waals surface area contributed by atoms with Crippen molar-refractivity contribution in [1.29, 1.82) is 0 Å². The van der Waals surface area contributed by atoms with E-state index in [1.165, 1.54) is 6.07 Å². The normalized spacial score (nSPS) is 15.0. The standard InChI is InChI=1S/C18H18N4O5/c1-11-4-12-8-19-2-3-20(16(12)6-15(11)21(24)25)9-13-5-14(10-23)18(22(26)27)7-17(13)19/h4-7,23H,2-3,8-10H2,1H3. The number of fused-ring (bicyclic) bond motifs is 7. The summed E-state index contributed by atoms with van der Waals surface area (Å²) in [4.78, 5) is 26.0. The maximum Gasteiger partial charge on any atom is 0.277 e. The predicted octanol–water partition coefficient (Wildman–Crippen LogP) is 2.64. The highest BCUT2D eigenvalue weighted by atomic mass is 16.6. The summed E-state index contributed by atoms with van der Waals surface area (Å²) in [7, 11) is 0. The van der Waals surface area contributed by atoms with E-state index in [2.05, 4.69) is 9.80 Å². The van der Waals surface area contributed by atoms with Gasteiger partial charge in [0.15, 0.2) is 0 Å². The van der Waals surface area contributed by atoms with Crippen molar-refractivity contribution in [3.63, 3.8) is 0 Å². The molecule has 2 aliphatic rings. The Hall–Kier alpha value is -3.20. The van der Waals surface area contributed by atoms with Crippen LogP contribution in [0.1, 0.15) is 22.3 Å². The molecule has 140 valence electrons. The van der Waals surface area contributed by atoms with Crippen LogP contribution < -0.4 is 9.80 Å². The van der Waals surface area contributed by atoms with Gasteiger partial charge in [-0.25, -0.2) is 0 Å². The topological polar surface area (TPSA) is 113 Å². The minimum Gasteiger partial charge on any atom is -0.391 e. The van der Waals surface area contributed by atoms with E-state index in [-0.39, 0.29) is 21.9 Å². The average molecular weight is 370 g/mol. The van der Waals surface area contributed by atoms with Gasteiger partial charge in [-0.15, -0.1) is 0 Å². The molecule has 2 bridgehead atoms. The van der Waals surface area contributed by atoms with Crippen LogP contribution in [0, 0.1) is 27.2 Å². The van der Waals surface area contributed by atoms with Gasteiger partial charge in [-0.3, -0.25) is 20.2 Å². The molecule has 0 aromatic heterocycles. The Kier molecular flexibility index (Phi) is 3.96. The van der Waals surface area contributed by atoms with Crippen molar-refractivity contribution in [1.82, 2.24) is 0 Å². The fourth-order valence-corrected chi connectivity index (χ4v) is 3.98. The maximum atomic E-state index is 11.4. The number of rotatable bonds is 3. The van der Waals surface area contributed by atoms with Gasteiger partial charge in [0.1, 0.15) is 0 Å². The molecular formula is C18H18N4O5. The van der Waals surface area contributed by atoms with Crippen molar-refractivity contribution in [2.75, 3.05) is 22.9 Å². The van der Waals surface area contributed by atoms with Gasteiger partial charge in [-0.2, -0.15) is 0 Å². The minimum atomic E-state index is -0.472. The van der Waals surface area contributed by atoms with E-state index in [0.717, 1.165) is 22.5 Å². The number of aryl methyl sites for hydroxylation is 1. The van der Waals surface area contributed by atoms with E-state index in [1.807, 2.05) is 6.07 Å². The van der Waals surface area contributed by atoms with Gasteiger partial charge >= 0.3 is 0 Å². The highest BCUT2D eigenvalue weighted by molar-refractivity contribution is 5.70. The summed E-state index contributed by atoms with van der Waals surface area (Å²) in [5.41, 5.74) is 4.32. The van der Waals surface area contributed by atoms with Crippen molar-refractivity contribution in [2.45, 2.75) is 26.6 Å². The lowest BCUT2D eigenvalue weighted by Crippen LogP contribution is -2.26. The molecule has 0 aliphatic carbocycles. The molecule has 0 saturated heterocycles. The molecule has 0 unspecified atom stereocenters. The van der Waals surface area contributed by atoms with Crippen LogP contribution in [0.3, 0.4) is 0 Å². The highest BCUT2D eigenvalue weighted by Crippen LogP contribution is 2.40. The fourth-order valence-electron chi connectivity index (χ4n) is 3.98. The Bertz CT molecular complexity index is 975. The van der Waals surface area contributed by atoms with Crippen molar-refractivity contribution in [2.24, 2.45) is 0 Å². The van der Waals surface area contributed by atoms with Gasteiger partial charge in [0.25, 0.3) is 11.4 Å². The zero-order valence-electron chi connectivity index (χ0n) is 14.7. The number of hydrogen-bond donors (Lipinski definition) is 1. The number of nitro groups is 2. The third-order valence-electron chi connectivity index (χ3n) is 5.28. The largest absolute Gasteiger partial charge is 0.391 e. The van der Waals surface area contributed by atoms with Crippen LogP contribution >= 0.6 is 0 Å². The van der Waals surface area contributed by atoms with Crippen LogP contribution in [-0.4, -0.2) is 28.0 Å². The summed E-state index contributed by atoms with van der Waals surface area (Å²) in [6.07, 6.45) is 0. The SMILES string of the molecule is Cc1cc2c(cc1[N+](=O)[O-])N1CCN(C2)c2cc([N+](=O)[O-])c(CO)cc2C1. The number of benzene rings is 2. The Balaban J connectivity index is 1.86. The molecule has 9 heteroatoms. The minimum absolute atomic E-state index is 0.0876. The molecule has 9 nitrogen and oxygen atoms in total. The molecule has 1 N–H and O–H groups in total. The second-order valence-corrected chi connectivity index (χ2v) is 6.89. The molecule has 2 aromatic carbocycles. The molecule has 0 fully saturated rings. The summed E-state index contributed by atoms with van der Waals surface area (Å²) >= 11 is 0. The van der Waals surface area contributed by atoms with E-state index in [0.29, 0.717) is 31.7 Å². The number of hydrogen-bond acceptors (Lipinski definition) is 7. The summed E-state index contributed by atoms with van der Waals surface area (Å²) in [5.74, 6) is 0. The molecule has 0 amide bonds. The lowest BCUT2D eigenvalue weighted by molar-refractivity contribution is -0.385. The summed E-state index contributed by atoms with van der Waals surface area (Å²) in [6.45, 7) is 3.62. The fraction of sp³-hybridized carbons (Fsp3) is 0.333. The summed E-state index contributed by atoms with van der Waals surface area (Å²) < 4.78 is 0. The lowest BCUT2D eigenvalue weighted by atomic mass is 10.0. The van der Waals surface area contributed by atoms with Gasteiger partial charge in [0.2, 0.25) is 0 Å². The second-order valence-electron chi connectivity index (χ2n) is 6.89. The average Bonchev–Trinajstić information content (AvgIpc) is 2.89. The number of aliphatic hydroxyl groups is 1. The molecule has 2 aromatic rings. The Labute approximate surface area is 154 Å². The Morgan fingerprint density at radius 2 is 1.44 bits per heavy atom. The van der Waals surface area contributed by atoms with E-state index >= 15 is 0 Å². The molecule has 2 aliphatic heterocycles. The molecule has 0 spiro atoms. The first-order valence-electron chi connectivity index (χ1n) is 8.58. The summed E-state index contributed by atoms with van der Waals surface area (Å²) in [6, 6.07) is 6.66. The smallest absolute Gasteiger partial charge is 0.277 e. The van der Waals surface area contributed by atoms with Crippen LogP contribution in [0.2, 0.25) is 0 Å². The van der Waals surface area contributed by atoms with Crippen LogP contribution in [-0.2, 0) is 19.7 Å². The van der Waals surface area contributed by atoms with Crippen molar-refractivity contribution in [3.05, 3.63) is 66.7 Å². The quantitative estimate of drug-likeness (QED) is 0.653. The van der Waals surface area contributed by atoms with Gasteiger partial charge in [-0.05, 0) is 30.2 Å². The van der Waals surface area contributed by atoms with Crippen LogP contribution in [0.4, 0.5) is 22.7 Å². The third-order valence-corrected chi connectivity index (χ3v) is 5.28. The summed E-state index contributed by atoms with van der Waals surface area (Å²) in [5, 5.41) is 32.2. The predicted molar refractivity (Wildman–Crippen MR) is 99.0 cm³/mol. The molecule has 27 heavy (non-hydrogen) atoms. The number of nitro benzene ring substituents is 2. The monoisotopic (exact) mass is 370 g/mol. The third kappa shape index (κ3) is 2.76. The van der Waals surface area contributed by atoms with Crippen molar-refractivity contribution >= 4 is 22.7 Å². The Morgan fingerprint density at radius 1 is 0.926 bits per heavy atom. The van der Waals surface area contributed by atoms with Crippen LogP contribution in [0.25, 0.3) is 0 Å². The van der Waals surface area contributed by atoms with Gasteiger partial charge < -0.3 is 14.9 Å². The van der Waals surface area contributed by atoms with Gasteiger partial charge in [-0.1, -0.05) is 0 Å². The lowest BCUT2D eigenvalue weighted by Gasteiger charge is -2.28.